The van der Waals surface area contributed by atoms with Gasteiger partial charge in [-0.15, -0.1) is 0 Å². The van der Waals surface area contributed by atoms with Crippen molar-refractivity contribution in [2.45, 2.75) is 0 Å². The number of anilines is 1. The van der Waals surface area contributed by atoms with E-state index in [0.717, 1.165) is 6.07 Å². The summed E-state index contributed by atoms with van der Waals surface area (Å²) in [5, 5.41) is 11.5. The van der Waals surface area contributed by atoms with Gasteiger partial charge in [-0.25, -0.2) is 9.18 Å². The molecule has 1 rings (SSSR count). The average Bonchev–Trinajstić information content (AvgIpc) is 2.15. The maximum atomic E-state index is 12.7. The van der Waals surface area contributed by atoms with Crippen molar-refractivity contribution in [3.8, 4) is 0 Å². The highest BCUT2D eigenvalue weighted by atomic mass is 35.5. The minimum atomic E-state index is -1.08. The Morgan fingerprint density at radius 1 is 1.60 bits per heavy atom. The van der Waals surface area contributed by atoms with Crippen molar-refractivity contribution in [1.29, 1.82) is 0 Å². The van der Waals surface area contributed by atoms with Crippen molar-refractivity contribution in [3.05, 3.63) is 41.2 Å². The van der Waals surface area contributed by atoms with Crippen LogP contribution in [0.3, 0.4) is 0 Å². The van der Waals surface area contributed by atoms with Crippen LogP contribution in [0, 0.1) is 5.82 Å². The molecule has 0 aliphatic heterocycles. The van der Waals surface area contributed by atoms with Gasteiger partial charge in [0, 0.05) is 12.1 Å². The molecule has 1 aromatic carbocycles. The van der Waals surface area contributed by atoms with Crippen LogP contribution in [-0.2, 0) is 4.79 Å². The Morgan fingerprint density at radius 3 is 2.80 bits per heavy atom. The van der Waals surface area contributed by atoms with E-state index < -0.39 is 11.8 Å². The third-order valence-corrected chi connectivity index (χ3v) is 2.04. The van der Waals surface area contributed by atoms with Crippen molar-refractivity contribution in [2.24, 2.45) is 0 Å². The number of rotatable bonds is 4. The van der Waals surface area contributed by atoms with Gasteiger partial charge in [0.1, 0.15) is 5.82 Å². The molecule has 0 bridgehead atoms. The summed E-state index contributed by atoms with van der Waals surface area (Å²) in [4.78, 5) is 10.4. The molecular weight excluding hydrogens is 221 g/mol. The topological polar surface area (TPSA) is 49.3 Å². The summed E-state index contributed by atoms with van der Waals surface area (Å²) in [6.45, 7) is 3.39. The Hall–Kier alpha value is -1.55. The molecule has 0 saturated carbocycles. The fraction of sp³-hybridized carbons (Fsp3) is 0.100. The van der Waals surface area contributed by atoms with E-state index in [1.54, 1.807) is 0 Å². The number of benzene rings is 1. The van der Waals surface area contributed by atoms with Crippen LogP contribution in [0.25, 0.3) is 0 Å². The van der Waals surface area contributed by atoms with Crippen molar-refractivity contribution < 1.29 is 14.3 Å². The lowest BCUT2D eigenvalue weighted by Crippen LogP contribution is -2.11. The smallest absolute Gasteiger partial charge is 0.332 e. The fourth-order valence-corrected chi connectivity index (χ4v) is 1.14. The van der Waals surface area contributed by atoms with Crippen LogP contribution in [0.15, 0.2) is 30.4 Å². The first-order valence-corrected chi connectivity index (χ1v) is 4.48. The molecule has 0 aliphatic carbocycles. The number of halogens is 2. The summed E-state index contributed by atoms with van der Waals surface area (Å²) in [5.74, 6) is -1.52. The molecule has 80 valence electrons. The summed E-state index contributed by atoms with van der Waals surface area (Å²) in [5.41, 5.74) is 0.482. The van der Waals surface area contributed by atoms with Crippen LogP contribution in [0.5, 0.6) is 0 Å². The lowest BCUT2D eigenvalue weighted by Gasteiger charge is -2.07. The van der Waals surface area contributed by atoms with E-state index in [2.05, 4.69) is 11.9 Å². The number of hydrogen-bond acceptors (Lipinski definition) is 2. The van der Waals surface area contributed by atoms with Crippen LogP contribution in [-0.4, -0.2) is 17.6 Å². The molecule has 0 aliphatic rings. The number of carbonyl (C=O) groups is 1. The summed E-state index contributed by atoms with van der Waals surface area (Å²) in [6, 6.07) is 3.82. The molecule has 0 fully saturated rings. The number of hydrogen-bond donors (Lipinski definition) is 2. The van der Waals surface area contributed by atoms with Gasteiger partial charge in [-0.1, -0.05) is 18.2 Å². The molecular formula is C10H9ClFNO2. The molecule has 0 amide bonds. The molecule has 0 radical (unpaired) electrons. The van der Waals surface area contributed by atoms with Gasteiger partial charge in [-0.3, -0.25) is 0 Å². The molecule has 3 nitrogen and oxygen atoms in total. The second-order valence-corrected chi connectivity index (χ2v) is 3.29. The van der Waals surface area contributed by atoms with Gasteiger partial charge < -0.3 is 10.4 Å². The first-order valence-electron chi connectivity index (χ1n) is 4.10. The van der Waals surface area contributed by atoms with Gasteiger partial charge in [0.2, 0.25) is 0 Å². The standard InChI is InChI=1S/C10H9ClFNO2/c1-6(10(14)15)5-13-9-3-2-7(12)4-8(9)11/h2-4,13H,1,5H2,(H,14,15). The van der Waals surface area contributed by atoms with E-state index in [4.69, 9.17) is 16.7 Å². The fourth-order valence-electron chi connectivity index (χ4n) is 0.910. The SMILES string of the molecule is C=C(CNc1ccc(F)cc1Cl)C(=O)O. The van der Waals surface area contributed by atoms with Gasteiger partial charge in [0.25, 0.3) is 0 Å². The maximum Gasteiger partial charge on any atom is 0.332 e. The lowest BCUT2D eigenvalue weighted by atomic mass is 10.2. The molecule has 1 aromatic rings. The van der Waals surface area contributed by atoms with E-state index in [0.29, 0.717) is 5.69 Å². The Labute approximate surface area is 91.2 Å². The second kappa shape index (κ2) is 4.79. The van der Waals surface area contributed by atoms with Crippen molar-refractivity contribution in [1.82, 2.24) is 0 Å². The van der Waals surface area contributed by atoms with E-state index in [9.17, 15) is 9.18 Å². The zero-order chi connectivity index (χ0) is 11.4. The zero-order valence-electron chi connectivity index (χ0n) is 7.76. The number of carboxylic acid groups (broad SMARTS) is 1. The highest BCUT2D eigenvalue weighted by Crippen LogP contribution is 2.22. The Kier molecular flexibility index (Phi) is 3.68. The van der Waals surface area contributed by atoms with Crippen molar-refractivity contribution in [3.63, 3.8) is 0 Å². The van der Waals surface area contributed by atoms with Gasteiger partial charge in [-0.2, -0.15) is 0 Å². The summed E-state index contributed by atoms with van der Waals surface area (Å²) in [6.07, 6.45) is 0. The summed E-state index contributed by atoms with van der Waals surface area (Å²) in [7, 11) is 0. The van der Waals surface area contributed by atoms with Crippen molar-refractivity contribution in [2.75, 3.05) is 11.9 Å². The minimum Gasteiger partial charge on any atom is -0.478 e. The third kappa shape index (κ3) is 3.25. The van der Waals surface area contributed by atoms with Gasteiger partial charge in [0.05, 0.1) is 10.7 Å². The van der Waals surface area contributed by atoms with Crippen LogP contribution >= 0.6 is 11.6 Å². The monoisotopic (exact) mass is 229 g/mol. The number of aliphatic carboxylic acids is 1. The molecule has 0 aromatic heterocycles. The maximum absolute atomic E-state index is 12.7. The third-order valence-electron chi connectivity index (χ3n) is 1.73. The highest BCUT2D eigenvalue weighted by Gasteiger charge is 2.05. The Morgan fingerprint density at radius 2 is 2.27 bits per heavy atom. The number of carboxylic acids is 1. The molecule has 0 saturated heterocycles. The van der Waals surface area contributed by atoms with Gasteiger partial charge in [0.15, 0.2) is 0 Å². The Balaban J connectivity index is 2.66. The zero-order valence-corrected chi connectivity index (χ0v) is 8.51. The Bertz CT molecular complexity index is 406. The average molecular weight is 230 g/mol. The highest BCUT2D eigenvalue weighted by molar-refractivity contribution is 6.33. The predicted molar refractivity (Wildman–Crippen MR) is 56.7 cm³/mol. The van der Waals surface area contributed by atoms with Crippen molar-refractivity contribution >= 4 is 23.3 Å². The quantitative estimate of drug-likeness (QED) is 0.780. The van der Waals surface area contributed by atoms with Gasteiger partial charge in [-0.05, 0) is 18.2 Å². The predicted octanol–water partition coefficient (Wildman–Crippen LogP) is 2.53. The minimum absolute atomic E-state index is 0.00962. The molecule has 2 N–H and O–H groups in total. The normalized spacial score (nSPS) is 9.73. The molecule has 5 heteroatoms. The van der Waals surface area contributed by atoms with Crippen LogP contribution in [0.1, 0.15) is 0 Å². The largest absolute Gasteiger partial charge is 0.478 e. The van der Waals surface area contributed by atoms with Crippen LogP contribution in [0.2, 0.25) is 5.02 Å². The van der Waals surface area contributed by atoms with E-state index >= 15 is 0 Å². The lowest BCUT2D eigenvalue weighted by molar-refractivity contribution is -0.132. The van der Waals surface area contributed by atoms with E-state index in [-0.39, 0.29) is 17.1 Å². The van der Waals surface area contributed by atoms with Crippen LogP contribution in [0.4, 0.5) is 10.1 Å². The molecule has 0 spiro atoms. The summed E-state index contributed by atoms with van der Waals surface area (Å²) >= 11 is 5.71. The molecule has 0 unspecified atom stereocenters. The first kappa shape index (κ1) is 11.5. The summed E-state index contributed by atoms with van der Waals surface area (Å²) < 4.78 is 12.7. The first-order chi connectivity index (χ1) is 7.00. The second-order valence-electron chi connectivity index (χ2n) is 2.89. The molecule has 0 atom stereocenters. The van der Waals surface area contributed by atoms with E-state index in [1.165, 1.54) is 12.1 Å². The van der Waals surface area contributed by atoms with Gasteiger partial charge >= 0.3 is 5.97 Å². The molecule has 15 heavy (non-hydrogen) atoms. The van der Waals surface area contributed by atoms with E-state index in [1.807, 2.05) is 0 Å². The molecule has 0 heterocycles. The number of nitrogens with one attached hydrogen (secondary N) is 1. The van der Waals surface area contributed by atoms with Crippen LogP contribution < -0.4 is 5.32 Å².